The van der Waals surface area contributed by atoms with Crippen LogP contribution >= 0.6 is 11.6 Å². The highest BCUT2D eigenvalue weighted by Gasteiger charge is 2.03. The Morgan fingerprint density at radius 1 is 1.14 bits per heavy atom. The third-order valence-electron chi connectivity index (χ3n) is 3.25. The van der Waals surface area contributed by atoms with Crippen LogP contribution in [0.1, 0.15) is 16.8 Å². The molecule has 4 heteroatoms. The van der Waals surface area contributed by atoms with Gasteiger partial charge in [0, 0.05) is 35.5 Å². The molecule has 0 saturated carbocycles. The second-order valence-electron chi connectivity index (χ2n) is 4.84. The summed E-state index contributed by atoms with van der Waals surface area (Å²) in [5.41, 5.74) is 3.58. The van der Waals surface area contributed by atoms with Crippen LogP contribution in [0.25, 0.3) is 16.7 Å². The molecule has 3 nitrogen and oxygen atoms in total. The van der Waals surface area contributed by atoms with Gasteiger partial charge in [0.1, 0.15) is 5.76 Å². The number of benzene rings is 1. The van der Waals surface area contributed by atoms with E-state index >= 15 is 0 Å². The zero-order valence-corrected chi connectivity index (χ0v) is 12.0. The van der Waals surface area contributed by atoms with E-state index in [1.807, 2.05) is 24.3 Å². The molecule has 1 N–H and O–H groups in total. The Balaban J connectivity index is 1.94. The monoisotopic (exact) mass is 296 g/mol. The van der Waals surface area contributed by atoms with Gasteiger partial charge in [-0.2, -0.15) is 0 Å². The molecule has 0 radical (unpaired) electrons. The third kappa shape index (κ3) is 3.03. The van der Waals surface area contributed by atoms with Gasteiger partial charge in [-0.3, -0.25) is 9.97 Å². The summed E-state index contributed by atoms with van der Waals surface area (Å²) in [5.74, 6) is 0.0492. The molecule has 21 heavy (non-hydrogen) atoms. The summed E-state index contributed by atoms with van der Waals surface area (Å²) in [5, 5.41) is 11.1. The average molecular weight is 297 g/mol. The predicted octanol–water partition coefficient (Wildman–Crippen LogP) is 4.40. The molecule has 0 fully saturated rings. The van der Waals surface area contributed by atoms with Crippen molar-refractivity contribution in [2.75, 3.05) is 0 Å². The van der Waals surface area contributed by atoms with E-state index in [9.17, 15) is 5.11 Å². The van der Waals surface area contributed by atoms with Gasteiger partial charge in [-0.1, -0.05) is 24.2 Å². The third-order valence-corrected chi connectivity index (χ3v) is 3.45. The smallest absolute Gasteiger partial charge is 0.115 e. The highest BCUT2D eigenvalue weighted by atomic mass is 35.5. The van der Waals surface area contributed by atoms with Crippen molar-refractivity contribution in [1.29, 1.82) is 0 Å². The summed E-state index contributed by atoms with van der Waals surface area (Å²) in [6.07, 6.45) is 3.98. The van der Waals surface area contributed by atoms with Gasteiger partial charge < -0.3 is 5.11 Å². The number of rotatable bonds is 3. The molecule has 3 rings (SSSR count). The number of hydrogen-bond acceptors (Lipinski definition) is 3. The minimum absolute atomic E-state index is 0.0492. The van der Waals surface area contributed by atoms with Crippen molar-refractivity contribution in [2.45, 2.75) is 6.42 Å². The zero-order chi connectivity index (χ0) is 14.8. The molecule has 104 valence electrons. The second kappa shape index (κ2) is 5.54. The van der Waals surface area contributed by atoms with Gasteiger partial charge in [0.05, 0.1) is 10.5 Å². The minimum Gasteiger partial charge on any atom is -0.508 e. The highest BCUT2D eigenvalue weighted by molar-refractivity contribution is 6.31. The number of fused-ring (bicyclic) bond motifs is 1. The number of hydrogen-bond donors (Lipinski definition) is 1. The Labute approximate surface area is 127 Å². The molecular weight excluding hydrogens is 284 g/mol. The number of aliphatic hydroxyl groups is 1. The van der Waals surface area contributed by atoms with E-state index in [2.05, 4.69) is 22.6 Å². The van der Waals surface area contributed by atoms with Gasteiger partial charge in [-0.15, -0.1) is 0 Å². The van der Waals surface area contributed by atoms with E-state index in [0.717, 1.165) is 22.2 Å². The number of pyridine rings is 2. The molecular formula is C17H13ClN2O. The number of nitrogens with zero attached hydrogens (tertiary/aromatic N) is 2. The largest absolute Gasteiger partial charge is 0.508 e. The minimum atomic E-state index is 0.0492. The quantitative estimate of drug-likeness (QED) is 0.729. The van der Waals surface area contributed by atoms with Gasteiger partial charge >= 0.3 is 0 Å². The molecule has 1 aromatic carbocycles. The molecule has 0 bridgehead atoms. The Kier molecular flexibility index (Phi) is 3.59. The van der Waals surface area contributed by atoms with Crippen LogP contribution in [0.5, 0.6) is 0 Å². The van der Waals surface area contributed by atoms with E-state index in [1.54, 1.807) is 18.5 Å². The fourth-order valence-electron chi connectivity index (χ4n) is 2.23. The maximum absolute atomic E-state index is 9.44. The Morgan fingerprint density at radius 2 is 2.00 bits per heavy atom. The van der Waals surface area contributed by atoms with Crippen molar-refractivity contribution in [3.05, 3.63) is 77.2 Å². The first kappa shape index (κ1) is 13.6. The zero-order valence-electron chi connectivity index (χ0n) is 11.3. The summed E-state index contributed by atoms with van der Waals surface area (Å²) >= 11 is 5.97. The van der Waals surface area contributed by atoms with Crippen molar-refractivity contribution in [1.82, 2.24) is 9.97 Å². The molecule has 3 aromatic rings. The Morgan fingerprint density at radius 3 is 2.81 bits per heavy atom. The molecule has 0 aliphatic rings. The number of aliphatic hydroxyl groups excluding tert-OH is 1. The molecule has 0 amide bonds. The lowest BCUT2D eigenvalue weighted by Gasteiger charge is -2.05. The molecule has 2 aromatic heterocycles. The first-order valence-corrected chi connectivity index (χ1v) is 6.87. The summed E-state index contributed by atoms with van der Waals surface area (Å²) in [6, 6.07) is 11.5. The molecule has 0 spiro atoms. The van der Waals surface area contributed by atoms with Crippen LogP contribution in [0.15, 0.2) is 55.4 Å². The van der Waals surface area contributed by atoms with Crippen LogP contribution in [-0.2, 0) is 6.42 Å². The average Bonchev–Trinajstić information content (AvgIpc) is 2.47. The van der Waals surface area contributed by atoms with Crippen molar-refractivity contribution < 1.29 is 5.11 Å². The molecule has 0 saturated heterocycles. The summed E-state index contributed by atoms with van der Waals surface area (Å²) in [6.45, 7) is 3.53. The van der Waals surface area contributed by atoms with Crippen LogP contribution in [0, 0.1) is 0 Å². The lowest BCUT2D eigenvalue weighted by atomic mass is 10.0. The summed E-state index contributed by atoms with van der Waals surface area (Å²) in [7, 11) is 0. The standard InChI is InChI=1S/C17H13ClN2O/c1-11(21)13-4-5-19-16(9-13)7-12-2-3-17-14(6-12)8-15(18)10-20-17/h2-6,8-10,21H,1,7H2. The fraction of sp³-hybridized carbons (Fsp3) is 0.0588. The van der Waals surface area contributed by atoms with Crippen LogP contribution in [0.2, 0.25) is 5.02 Å². The number of halogens is 1. The predicted molar refractivity (Wildman–Crippen MR) is 85.5 cm³/mol. The first-order valence-electron chi connectivity index (χ1n) is 6.49. The van der Waals surface area contributed by atoms with E-state index in [-0.39, 0.29) is 5.76 Å². The summed E-state index contributed by atoms with van der Waals surface area (Å²) < 4.78 is 0. The van der Waals surface area contributed by atoms with Crippen LogP contribution in [0.4, 0.5) is 0 Å². The molecule has 0 unspecified atom stereocenters. The lowest BCUT2D eigenvalue weighted by molar-refractivity contribution is 0.513. The molecule has 0 aliphatic heterocycles. The van der Waals surface area contributed by atoms with Crippen molar-refractivity contribution in [2.24, 2.45) is 0 Å². The SMILES string of the molecule is C=C(O)c1ccnc(Cc2ccc3ncc(Cl)cc3c2)c1. The molecule has 0 atom stereocenters. The van der Waals surface area contributed by atoms with Gasteiger partial charge in [-0.05, 0) is 35.9 Å². The van der Waals surface area contributed by atoms with E-state index < -0.39 is 0 Å². The second-order valence-corrected chi connectivity index (χ2v) is 5.28. The van der Waals surface area contributed by atoms with Gasteiger partial charge in [0.25, 0.3) is 0 Å². The van der Waals surface area contributed by atoms with E-state index in [4.69, 9.17) is 11.6 Å². The van der Waals surface area contributed by atoms with Gasteiger partial charge in [-0.25, -0.2) is 0 Å². The maximum Gasteiger partial charge on any atom is 0.115 e. The first-order chi connectivity index (χ1) is 10.1. The Hall–Kier alpha value is -2.39. The van der Waals surface area contributed by atoms with E-state index in [1.165, 1.54) is 0 Å². The van der Waals surface area contributed by atoms with Gasteiger partial charge in [0.15, 0.2) is 0 Å². The normalized spacial score (nSPS) is 10.7. The van der Waals surface area contributed by atoms with Crippen molar-refractivity contribution >= 4 is 28.3 Å². The fourth-order valence-corrected chi connectivity index (χ4v) is 2.39. The van der Waals surface area contributed by atoms with Crippen molar-refractivity contribution in [3.63, 3.8) is 0 Å². The molecule has 0 aliphatic carbocycles. The maximum atomic E-state index is 9.44. The van der Waals surface area contributed by atoms with Crippen molar-refractivity contribution in [3.8, 4) is 0 Å². The topological polar surface area (TPSA) is 46.0 Å². The van der Waals surface area contributed by atoms with Crippen LogP contribution in [-0.4, -0.2) is 15.1 Å². The number of aromatic nitrogens is 2. The van der Waals surface area contributed by atoms with Gasteiger partial charge in [0.2, 0.25) is 0 Å². The highest BCUT2D eigenvalue weighted by Crippen LogP contribution is 2.20. The molecule has 2 heterocycles. The Bertz CT molecular complexity index is 830. The van der Waals surface area contributed by atoms with Crippen LogP contribution in [0.3, 0.4) is 0 Å². The summed E-state index contributed by atoms with van der Waals surface area (Å²) in [4.78, 5) is 8.59. The van der Waals surface area contributed by atoms with Crippen LogP contribution < -0.4 is 0 Å². The van der Waals surface area contributed by atoms with E-state index in [0.29, 0.717) is 17.0 Å². The lowest BCUT2D eigenvalue weighted by Crippen LogP contribution is -1.94.